The maximum Gasteiger partial charge on any atom is 0.291 e. The van der Waals surface area contributed by atoms with Gasteiger partial charge in [-0.3, -0.25) is 14.5 Å². The van der Waals surface area contributed by atoms with E-state index in [1.54, 1.807) is 28.8 Å². The van der Waals surface area contributed by atoms with Crippen molar-refractivity contribution < 1.29 is 18.7 Å². The van der Waals surface area contributed by atoms with E-state index in [9.17, 15) is 9.59 Å². The van der Waals surface area contributed by atoms with Crippen LogP contribution in [-0.2, 0) is 4.79 Å². The Hall–Kier alpha value is -3.19. The van der Waals surface area contributed by atoms with Crippen molar-refractivity contribution in [1.29, 1.82) is 0 Å². The number of ether oxygens (including phenoxy) is 1. The van der Waals surface area contributed by atoms with Crippen molar-refractivity contribution in [2.75, 3.05) is 22.6 Å². The molecule has 3 aromatic rings. The van der Waals surface area contributed by atoms with E-state index in [1.807, 2.05) is 55.5 Å². The number of nitrogens with zero attached hydrogens (tertiary/aromatic N) is 1. The Morgan fingerprint density at radius 1 is 1.21 bits per heavy atom. The summed E-state index contributed by atoms with van der Waals surface area (Å²) in [5.74, 6) is 1.16. The molecule has 0 unspecified atom stereocenters. The summed E-state index contributed by atoms with van der Waals surface area (Å²) in [6, 6.07) is 18.3. The number of anilines is 2. The normalized spacial score (nSPS) is 16.1. The summed E-state index contributed by atoms with van der Waals surface area (Å²) in [6.45, 7) is 2.53. The smallest absolute Gasteiger partial charge is 0.291 e. The molecule has 0 spiro atoms. The first-order valence-corrected chi connectivity index (χ1v) is 10.3. The quantitative estimate of drug-likeness (QED) is 0.640. The van der Waals surface area contributed by atoms with Crippen LogP contribution in [0.4, 0.5) is 11.4 Å². The molecule has 2 amide bonds. The molecule has 7 heteroatoms. The average Bonchev–Trinajstić information content (AvgIpc) is 3.39. The molecular formula is C22H20N2O4S. The van der Waals surface area contributed by atoms with Gasteiger partial charge in [-0.05, 0) is 61.0 Å². The second kappa shape index (κ2) is 8.45. The lowest BCUT2D eigenvalue weighted by Crippen LogP contribution is -2.27. The molecule has 2 heterocycles. The minimum Gasteiger partial charge on any atom is -0.494 e. The van der Waals surface area contributed by atoms with Gasteiger partial charge in [0.25, 0.3) is 5.91 Å². The molecule has 148 valence electrons. The van der Waals surface area contributed by atoms with Crippen molar-refractivity contribution in [2.24, 2.45) is 0 Å². The topological polar surface area (TPSA) is 71.8 Å². The SMILES string of the molecule is CCOc1ccc(N2C(=O)CS[C@@H]2c2cccc(NC(=O)c3ccco3)c2)cc1. The number of carbonyl (C=O) groups is 2. The molecule has 1 saturated heterocycles. The summed E-state index contributed by atoms with van der Waals surface area (Å²) in [7, 11) is 0. The molecule has 0 radical (unpaired) electrons. The summed E-state index contributed by atoms with van der Waals surface area (Å²) >= 11 is 1.56. The number of hydrogen-bond donors (Lipinski definition) is 1. The van der Waals surface area contributed by atoms with Gasteiger partial charge in [0.2, 0.25) is 5.91 Å². The number of carbonyl (C=O) groups excluding carboxylic acids is 2. The predicted molar refractivity (Wildman–Crippen MR) is 113 cm³/mol. The highest BCUT2D eigenvalue weighted by Gasteiger charge is 2.34. The minimum atomic E-state index is -0.314. The lowest BCUT2D eigenvalue weighted by molar-refractivity contribution is -0.115. The number of hydrogen-bond acceptors (Lipinski definition) is 5. The van der Waals surface area contributed by atoms with Crippen molar-refractivity contribution in [2.45, 2.75) is 12.3 Å². The molecule has 0 saturated carbocycles. The van der Waals surface area contributed by atoms with Crippen LogP contribution >= 0.6 is 11.8 Å². The second-order valence-corrected chi connectivity index (χ2v) is 7.48. The van der Waals surface area contributed by atoms with Crippen molar-refractivity contribution in [1.82, 2.24) is 0 Å². The first-order chi connectivity index (χ1) is 14.2. The highest BCUT2D eigenvalue weighted by molar-refractivity contribution is 8.00. The standard InChI is InChI=1S/C22H20N2O4S/c1-2-27-18-10-8-17(9-11-18)24-20(25)14-29-22(24)15-5-3-6-16(13-15)23-21(26)19-7-4-12-28-19/h3-13,22H,2,14H2,1H3,(H,23,26)/t22-/m1/s1. The number of nitrogens with one attached hydrogen (secondary N) is 1. The van der Waals surface area contributed by atoms with Gasteiger partial charge in [0, 0.05) is 11.4 Å². The van der Waals surface area contributed by atoms with E-state index in [2.05, 4.69) is 5.32 Å². The largest absolute Gasteiger partial charge is 0.494 e. The predicted octanol–water partition coefficient (Wildman–Crippen LogP) is 4.71. The number of thioether (sulfide) groups is 1. The average molecular weight is 408 g/mol. The highest BCUT2D eigenvalue weighted by atomic mass is 32.2. The van der Waals surface area contributed by atoms with Gasteiger partial charge in [-0.2, -0.15) is 0 Å². The van der Waals surface area contributed by atoms with Crippen LogP contribution in [0.25, 0.3) is 0 Å². The Morgan fingerprint density at radius 3 is 2.76 bits per heavy atom. The summed E-state index contributed by atoms with van der Waals surface area (Å²) in [4.78, 5) is 26.6. The third-order valence-corrected chi connectivity index (χ3v) is 5.68. The van der Waals surface area contributed by atoms with E-state index in [1.165, 1.54) is 6.26 Å². The zero-order valence-corrected chi connectivity index (χ0v) is 16.6. The third kappa shape index (κ3) is 4.14. The van der Waals surface area contributed by atoms with E-state index < -0.39 is 0 Å². The molecular weight excluding hydrogens is 388 g/mol. The molecule has 1 N–H and O–H groups in total. The van der Waals surface area contributed by atoms with Gasteiger partial charge in [0.15, 0.2) is 5.76 Å². The molecule has 4 rings (SSSR count). The van der Waals surface area contributed by atoms with E-state index in [-0.39, 0.29) is 22.9 Å². The molecule has 1 fully saturated rings. The zero-order valence-electron chi connectivity index (χ0n) is 15.8. The molecule has 1 atom stereocenters. The Bertz CT molecular complexity index is 1000. The van der Waals surface area contributed by atoms with Crippen molar-refractivity contribution in [3.63, 3.8) is 0 Å². The van der Waals surface area contributed by atoms with E-state index in [0.717, 1.165) is 17.0 Å². The summed E-state index contributed by atoms with van der Waals surface area (Å²) in [6.07, 6.45) is 1.46. The fourth-order valence-corrected chi connectivity index (χ4v) is 4.36. The summed E-state index contributed by atoms with van der Waals surface area (Å²) in [5.41, 5.74) is 2.40. The van der Waals surface area contributed by atoms with Gasteiger partial charge >= 0.3 is 0 Å². The van der Waals surface area contributed by atoms with Gasteiger partial charge in [-0.25, -0.2) is 0 Å². The number of furan rings is 1. The molecule has 6 nitrogen and oxygen atoms in total. The summed E-state index contributed by atoms with van der Waals surface area (Å²) in [5, 5.41) is 2.67. The second-order valence-electron chi connectivity index (χ2n) is 6.41. The lowest BCUT2D eigenvalue weighted by Gasteiger charge is -2.25. The lowest BCUT2D eigenvalue weighted by atomic mass is 10.1. The molecule has 29 heavy (non-hydrogen) atoms. The van der Waals surface area contributed by atoms with Gasteiger partial charge in [0.1, 0.15) is 11.1 Å². The highest BCUT2D eigenvalue weighted by Crippen LogP contribution is 2.42. The van der Waals surface area contributed by atoms with Crippen LogP contribution in [0.15, 0.2) is 71.3 Å². The Balaban J connectivity index is 1.56. The monoisotopic (exact) mass is 408 g/mol. The van der Waals surface area contributed by atoms with Gasteiger partial charge in [-0.1, -0.05) is 12.1 Å². The van der Waals surface area contributed by atoms with Crippen LogP contribution in [0.5, 0.6) is 5.75 Å². The van der Waals surface area contributed by atoms with E-state index in [0.29, 0.717) is 18.0 Å². The van der Waals surface area contributed by atoms with Crippen molar-refractivity contribution >= 4 is 35.0 Å². The van der Waals surface area contributed by atoms with E-state index >= 15 is 0 Å². The molecule has 1 aliphatic heterocycles. The molecule has 2 aromatic carbocycles. The molecule has 0 bridgehead atoms. The van der Waals surface area contributed by atoms with Crippen molar-refractivity contribution in [3.05, 3.63) is 78.3 Å². The molecule has 1 aliphatic rings. The van der Waals surface area contributed by atoms with Crippen LogP contribution in [0.1, 0.15) is 28.4 Å². The number of rotatable bonds is 6. The van der Waals surface area contributed by atoms with Gasteiger partial charge < -0.3 is 14.5 Å². The Labute approximate surface area is 172 Å². The van der Waals surface area contributed by atoms with Crippen LogP contribution in [-0.4, -0.2) is 24.2 Å². The molecule has 1 aromatic heterocycles. The van der Waals surface area contributed by atoms with Gasteiger partial charge in [-0.15, -0.1) is 11.8 Å². The van der Waals surface area contributed by atoms with Gasteiger partial charge in [0.05, 0.1) is 18.6 Å². The summed E-state index contributed by atoms with van der Waals surface area (Å²) < 4.78 is 10.6. The van der Waals surface area contributed by atoms with Crippen LogP contribution in [0.2, 0.25) is 0 Å². The van der Waals surface area contributed by atoms with Crippen molar-refractivity contribution in [3.8, 4) is 5.75 Å². The minimum absolute atomic E-state index is 0.0502. The fraction of sp³-hybridized carbons (Fsp3) is 0.182. The Morgan fingerprint density at radius 2 is 2.03 bits per heavy atom. The maximum absolute atomic E-state index is 12.6. The number of amides is 2. The van der Waals surface area contributed by atoms with Crippen LogP contribution in [0, 0.1) is 0 Å². The fourth-order valence-electron chi connectivity index (χ4n) is 3.19. The van der Waals surface area contributed by atoms with Crippen LogP contribution in [0.3, 0.4) is 0 Å². The Kier molecular flexibility index (Phi) is 5.57. The first kappa shape index (κ1) is 19.1. The maximum atomic E-state index is 12.6. The van der Waals surface area contributed by atoms with Crippen LogP contribution < -0.4 is 15.0 Å². The zero-order chi connectivity index (χ0) is 20.2. The number of benzene rings is 2. The third-order valence-electron chi connectivity index (χ3n) is 4.47. The van der Waals surface area contributed by atoms with E-state index in [4.69, 9.17) is 9.15 Å². The first-order valence-electron chi connectivity index (χ1n) is 9.27. The molecule has 0 aliphatic carbocycles.